The highest BCUT2D eigenvalue weighted by Crippen LogP contribution is 2.22. The zero-order valence-corrected chi connectivity index (χ0v) is 17.4. The van der Waals surface area contributed by atoms with Crippen LogP contribution in [0.4, 0.5) is 4.79 Å². The summed E-state index contributed by atoms with van der Waals surface area (Å²) in [5.74, 6) is 0. The van der Waals surface area contributed by atoms with Crippen molar-refractivity contribution in [1.29, 1.82) is 0 Å². The molecule has 2 amide bonds. The van der Waals surface area contributed by atoms with Gasteiger partial charge in [0.1, 0.15) is 0 Å². The molecule has 0 aliphatic carbocycles. The molecule has 0 radical (unpaired) electrons. The monoisotopic (exact) mass is 390 g/mol. The fourth-order valence-electron chi connectivity index (χ4n) is 2.76. The van der Waals surface area contributed by atoms with E-state index in [1.165, 1.54) is 0 Å². The van der Waals surface area contributed by atoms with E-state index >= 15 is 0 Å². The zero-order chi connectivity index (χ0) is 20.2. The highest BCUT2D eigenvalue weighted by atomic mass is 16.5. The van der Waals surface area contributed by atoms with Gasteiger partial charge in [0.25, 0.3) is 0 Å². The maximum Gasteiger partial charge on any atom is 0.314 e. The summed E-state index contributed by atoms with van der Waals surface area (Å²) in [5.41, 5.74) is 12.0. The van der Waals surface area contributed by atoms with Crippen LogP contribution in [0.15, 0.2) is 0 Å². The Kier molecular flexibility index (Phi) is 17.8. The van der Waals surface area contributed by atoms with Crippen molar-refractivity contribution in [2.24, 2.45) is 11.5 Å². The van der Waals surface area contributed by atoms with Crippen molar-refractivity contribution < 1.29 is 19.0 Å². The van der Waals surface area contributed by atoms with Crippen LogP contribution in [-0.4, -0.2) is 71.3 Å². The van der Waals surface area contributed by atoms with Gasteiger partial charge < -0.3 is 36.3 Å². The van der Waals surface area contributed by atoms with Gasteiger partial charge in [-0.3, -0.25) is 0 Å². The van der Waals surface area contributed by atoms with Crippen LogP contribution in [0.2, 0.25) is 0 Å². The van der Waals surface area contributed by atoms with Crippen molar-refractivity contribution in [3.05, 3.63) is 0 Å². The SMILES string of the molecule is CCCCC(N)(CCCN)CCCNC(=O)NCCOCCOCCOC. The Labute approximate surface area is 165 Å². The predicted molar refractivity (Wildman–Crippen MR) is 109 cm³/mol. The van der Waals surface area contributed by atoms with Crippen molar-refractivity contribution in [2.45, 2.75) is 57.4 Å². The summed E-state index contributed by atoms with van der Waals surface area (Å²) in [6.07, 6.45) is 6.96. The van der Waals surface area contributed by atoms with Crippen LogP contribution in [-0.2, 0) is 14.2 Å². The van der Waals surface area contributed by atoms with E-state index in [0.717, 1.165) is 44.9 Å². The largest absolute Gasteiger partial charge is 0.382 e. The lowest BCUT2D eigenvalue weighted by Crippen LogP contribution is -2.42. The van der Waals surface area contributed by atoms with Gasteiger partial charge in [-0.15, -0.1) is 0 Å². The molecule has 0 rings (SSSR count). The second kappa shape index (κ2) is 18.4. The van der Waals surface area contributed by atoms with E-state index in [1.54, 1.807) is 7.11 Å². The van der Waals surface area contributed by atoms with Crippen LogP contribution in [0, 0.1) is 0 Å². The highest BCUT2D eigenvalue weighted by molar-refractivity contribution is 5.73. The second-order valence-corrected chi connectivity index (χ2v) is 6.86. The van der Waals surface area contributed by atoms with Gasteiger partial charge >= 0.3 is 6.03 Å². The molecule has 0 spiro atoms. The lowest BCUT2D eigenvalue weighted by atomic mass is 9.84. The van der Waals surface area contributed by atoms with Crippen molar-refractivity contribution >= 4 is 6.03 Å². The van der Waals surface area contributed by atoms with E-state index in [4.69, 9.17) is 25.7 Å². The third-order valence-electron chi connectivity index (χ3n) is 4.38. The molecule has 8 nitrogen and oxygen atoms in total. The van der Waals surface area contributed by atoms with E-state index in [9.17, 15) is 4.79 Å². The molecule has 1 unspecified atom stereocenters. The molecule has 0 heterocycles. The van der Waals surface area contributed by atoms with Gasteiger partial charge in [0.15, 0.2) is 0 Å². The number of methoxy groups -OCH3 is 1. The van der Waals surface area contributed by atoms with Gasteiger partial charge in [0.05, 0.1) is 33.0 Å². The van der Waals surface area contributed by atoms with E-state index in [2.05, 4.69) is 17.6 Å². The molecule has 162 valence electrons. The summed E-state index contributed by atoms with van der Waals surface area (Å²) in [6.45, 7) is 6.58. The number of nitrogens with one attached hydrogen (secondary N) is 2. The Hall–Kier alpha value is -0.930. The minimum Gasteiger partial charge on any atom is -0.382 e. The van der Waals surface area contributed by atoms with Crippen LogP contribution in [0.1, 0.15) is 51.9 Å². The quantitative estimate of drug-likeness (QED) is 0.247. The summed E-state index contributed by atoms with van der Waals surface area (Å²) in [4.78, 5) is 11.8. The molecule has 0 saturated heterocycles. The Balaban J connectivity index is 3.65. The average molecular weight is 391 g/mol. The van der Waals surface area contributed by atoms with Crippen LogP contribution >= 0.6 is 0 Å². The lowest BCUT2D eigenvalue weighted by molar-refractivity contribution is 0.0259. The number of unbranched alkanes of at least 4 members (excludes halogenated alkanes) is 1. The number of rotatable bonds is 19. The number of ether oxygens (including phenoxy) is 3. The minimum absolute atomic E-state index is 0.160. The second-order valence-electron chi connectivity index (χ2n) is 6.86. The van der Waals surface area contributed by atoms with Crippen LogP contribution < -0.4 is 22.1 Å². The Morgan fingerprint density at radius 1 is 0.889 bits per heavy atom. The molecule has 8 heteroatoms. The molecule has 1 atom stereocenters. The first-order valence-corrected chi connectivity index (χ1v) is 10.2. The highest BCUT2D eigenvalue weighted by Gasteiger charge is 2.23. The Morgan fingerprint density at radius 2 is 1.48 bits per heavy atom. The minimum atomic E-state index is -0.173. The Morgan fingerprint density at radius 3 is 2.15 bits per heavy atom. The average Bonchev–Trinajstić information content (AvgIpc) is 2.67. The molecule has 0 aromatic rings. The molecule has 6 N–H and O–H groups in total. The number of hydrogen-bond donors (Lipinski definition) is 4. The first-order valence-electron chi connectivity index (χ1n) is 10.2. The number of carbonyl (C=O) groups excluding carboxylic acids is 1. The maximum atomic E-state index is 11.8. The topological polar surface area (TPSA) is 121 Å². The number of carbonyl (C=O) groups is 1. The van der Waals surface area contributed by atoms with E-state index in [0.29, 0.717) is 52.7 Å². The van der Waals surface area contributed by atoms with Gasteiger partial charge in [-0.05, 0) is 38.6 Å². The standard InChI is InChI=1S/C19H42N4O4/c1-3-4-7-19(21,8-5-10-20)9-6-11-22-18(24)23-12-13-26-16-17-27-15-14-25-2/h3-17,20-21H2,1-2H3,(H2,22,23,24). The molecule has 0 bridgehead atoms. The summed E-state index contributed by atoms with van der Waals surface area (Å²) in [7, 11) is 1.64. The molecule has 27 heavy (non-hydrogen) atoms. The van der Waals surface area contributed by atoms with Gasteiger partial charge in [0.2, 0.25) is 0 Å². The van der Waals surface area contributed by atoms with Gasteiger partial charge in [-0.2, -0.15) is 0 Å². The number of nitrogens with two attached hydrogens (primary N) is 2. The van der Waals surface area contributed by atoms with Crippen LogP contribution in [0.3, 0.4) is 0 Å². The van der Waals surface area contributed by atoms with E-state index < -0.39 is 0 Å². The summed E-state index contributed by atoms with van der Waals surface area (Å²) in [6, 6.07) is -0.173. The third-order valence-corrected chi connectivity index (χ3v) is 4.38. The van der Waals surface area contributed by atoms with Gasteiger partial charge in [-0.25, -0.2) is 4.79 Å². The molecule has 0 aromatic carbocycles. The first-order chi connectivity index (χ1) is 13.1. The third kappa shape index (κ3) is 16.9. The summed E-state index contributed by atoms with van der Waals surface area (Å²) >= 11 is 0. The lowest BCUT2D eigenvalue weighted by Gasteiger charge is -2.29. The summed E-state index contributed by atoms with van der Waals surface area (Å²) < 4.78 is 15.5. The van der Waals surface area contributed by atoms with E-state index in [-0.39, 0.29) is 11.6 Å². The number of amides is 2. The zero-order valence-electron chi connectivity index (χ0n) is 17.4. The number of hydrogen-bond acceptors (Lipinski definition) is 6. The van der Waals surface area contributed by atoms with Crippen molar-refractivity contribution in [3.8, 4) is 0 Å². The van der Waals surface area contributed by atoms with Gasteiger partial charge in [-0.1, -0.05) is 19.8 Å². The van der Waals surface area contributed by atoms with Gasteiger partial charge in [0, 0.05) is 25.7 Å². The maximum absolute atomic E-state index is 11.8. The molecule has 0 saturated carbocycles. The van der Waals surface area contributed by atoms with Crippen molar-refractivity contribution in [1.82, 2.24) is 10.6 Å². The molecule has 0 fully saturated rings. The molecule has 0 aliphatic heterocycles. The fourth-order valence-corrected chi connectivity index (χ4v) is 2.76. The van der Waals surface area contributed by atoms with Crippen LogP contribution in [0.25, 0.3) is 0 Å². The van der Waals surface area contributed by atoms with Crippen LogP contribution in [0.5, 0.6) is 0 Å². The van der Waals surface area contributed by atoms with Crippen molar-refractivity contribution in [3.63, 3.8) is 0 Å². The molecular weight excluding hydrogens is 348 g/mol. The smallest absolute Gasteiger partial charge is 0.314 e. The fraction of sp³-hybridized carbons (Fsp3) is 0.947. The molecule has 0 aliphatic rings. The van der Waals surface area contributed by atoms with E-state index in [1.807, 2.05) is 0 Å². The summed E-state index contributed by atoms with van der Waals surface area (Å²) in [5, 5.41) is 5.64. The Bertz CT molecular complexity index is 338. The predicted octanol–water partition coefficient (Wildman–Crippen LogP) is 1.37. The van der Waals surface area contributed by atoms with Crippen molar-refractivity contribution in [2.75, 3.05) is 59.8 Å². The first kappa shape index (κ1) is 26.1. The molecule has 0 aromatic heterocycles. The molecular formula is C19H42N4O4. The normalized spacial score (nSPS) is 13.3. The number of urea groups is 1.